The van der Waals surface area contributed by atoms with E-state index in [2.05, 4.69) is 26.7 Å². The number of methoxy groups -OCH3 is 3. The van der Waals surface area contributed by atoms with Crippen LogP contribution in [0.15, 0.2) is 61.6 Å². The lowest BCUT2D eigenvalue weighted by molar-refractivity contribution is -0.111. The van der Waals surface area contributed by atoms with Crippen LogP contribution in [0.4, 0.5) is 11.4 Å². The second-order valence-corrected chi connectivity index (χ2v) is 13.6. The third-order valence-electron chi connectivity index (χ3n) is 10.1. The van der Waals surface area contributed by atoms with Gasteiger partial charge < -0.3 is 24.4 Å². The molecule has 3 aliphatic rings. The largest absolute Gasteiger partial charge is 0.496 e. The van der Waals surface area contributed by atoms with E-state index < -0.39 is 0 Å². The van der Waals surface area contributed by atoms with Crippen LogP contribution in [0, 0.1) is 0 Å². The number of piperazine rings is 1. The number of fused-ring (bicyclic) bond motifs is 5. The molecule has 1 N–H and O–H groups in total. The number of ether oxygens (including phenoxy) is 3. The second-order valence-electron chi connectivity index (χ2n) is 12.8. The Morgan fingerprint density at radius 2 is 1.55 bits per heavy atom. The molecule has 252 valence electrons. The molecule has 1 aliphatic carbocycles. The molecule has 2 saturated heterocycles. The van der Waals surface area contributed by atoms with Crippen LogP contribution in [0.2, 0.25) is 10.0 Å². The van der Waals surface area contributed by atoms with Crippen LogP contribution < -0.4 is 24.4 Å². The number of imidazole rings is 1. The average Bonchev–Trinajstić information content (AvgIpc) is 3.77. The highest BCUT2D eigenvalue weighted by Crippen LogP contribution is 2.48. The molecule has 12 heteroatoms. The van der Waals surface area contributed by atoms with Crippen molar-refractivity contribution in [1.29, 1.82) is 0 Å². The Morgan fingerprint density at radius 1 is 0.878 bits per heavy atom. The molecular weight excluding hydrogens is 663 g/mol. The Kier molecular flexibility index (Phi) is 8.05. The molecule has 0 spiro atoms. The first-order chi connectivity index (χ1) is 23.8. The Balaban J connectivity index is 1.24. The second kappa shape index (κ2) is 12.4. The summed E-state index contributed by atoms with van der Waals surface area (Å²) in [7, 11) is 4.75. The average molecular weight is 700 g/mol. The van der Waals surface area contributed by atoms with Gasteiger partial charge in [-0.25, -0.2) is 4.98 Å². The van der Waals surface area contributed by atoms with E-state index >= 15 is 0 Å². The van der Waals surface area contributed by atoms with E-state index in [1.54, 1.807) is 39.8 Å². The maximum Gasteiger partial charge on any atom is 0.247 e. The first kappa shape index (κ1) is 31.7. The molecular formula is C37H36Cl2N6O4. The highest BCUT2D eigenvalue weighted by molar-refractivity contribution is 6.41. The number of amides is 1. The molecule has 5 aromatic rings. The minimum absolute atomic E-state index is 0.275. The smallest absolute Gasteiger partial charge is 0.247 e. The molecule has 10 nitrogen and oxygen atoms in total. The predicted octanol–water partition coefficient (Wildman–Crippen LogP) is 7.49. The number of aromatic nitrogens is 3. The molecule has 8 rings (SSSR count). The molecule has 1 amide bonds. The van der Waals surface area contributed by atoms with Crippen LogP contribution in [0.1, 0.15) is 25.7 Å². The summed E-state index contributed by atoms with van der Waals surface area (Å²) in [6, 6.07) is 11.4. The highest BCUT2D eigenvalue weighted by atomic mass is 35.5. The van der Waals surface area contributed by atoms with E-state index in [0.29, 0.717) is 67.5 Å². The first-order valence-corrected chi connectivity index (χ1v) is 17.1. The minimum atomic E-state index is -0.275. The fourth-order valence-electron chi connectivity index (χ4n) is 7.73. The van der Waals surface area contributed by atoms with Crippen LogP contribution >= 0.6 is 23.2 Å². The Morgan fingerprint density at radius 3 is 2.18 bits per heavy atom. The van der Waals surface area contributed by atoms with Crippen molar-refractivity contribution in [1.82, 2.24) is 19.3 Å². The van der Waals surface area contributed by atoms with Crippen LogP contribution in [0.5, 0.6) is 17.2 Å². The van der Waals surface area contributed by atoms with E-state index in [1.807, 2.05) is 34.9 Å². The van der Waals surface area contributed by atoms with Gasteiger partial charge in [0.15, 0.2) is 0 Å². The standard InChI is InChI=1S/C37H36Cl2N6O4/c1-5-33(46)42-27-13-24(30(47-2)15-29(27)43-18-22-8-9-23(19-43)45(22)21-6-7-21)26-14-28-20(17-41-26)12-25(37-40-10-11-44(28)37)34-35(38)31(48-3)16-32(49-4)36(34)39/h5,10-17,21-23H,1,6-9,18-19H2,2-4H3,(H,42,46). The maximum atomic E-state index is 12.7. The summed E-state index contributed by atoms with van der Waals surface area (Å²) in [5.41, 5.74) is 5.80. The zero-order chi connectivity index (χ0) is 34.0. The monoisotopic (exact) mass is 698 g/mol. The van der Waals surface area contributed by atoms with Gasteiger partial charge in [0.05, 0.1) is 54.0 Å². The molecule has 1 saturated carbocycles. The number of rotatable bonds is 9. The number of halogens is 2. The topological polar surface area (TPSA) is 93.5 Å². The molecule has 5 heterocycles. The number of hydrogen-bond acceptors (Lipinski definition) is 8. The van der Waals surface area contributed by atoms with Gasteiger partial charge in [-0.3, -0.25) is 19.1 Å². The van der Waals surface area contributed by atoms with Crippen molar-refractivity contribution in [2.45, 2.75) is 43.8 Å². The van der Waals surface area contributed by atoms with Crippen molar-refractivity contribution >= 4 is 57.0 Å². The number of hydrogen-bond donors (Lipinski definition) is 1. The lowest BCUT2D eigenvalue weighted by Gasteiger charge is -2.43. The van der Waals surface area contributed by atoms with Gasteiger partial charge in [-0.1, -0.05) is 29.8 Å². The van der Waals surface area contributed by atoms with Gasteiger partial charge in [-0.15, -0.1) is 0 Å². The van der Waals surface area contributed by atoms with Crippen molar-refractivity contribution in [3.63, 3.8) is 0 Å². The number of nitrogens with zero attached hydrogens (tertiary/aromatic N) is 5. The molecule has 2 atom stereocenters. The van der Waals surface area contributed by atoms with Gasteiger partial charge in [-0.05, 0) is 50.0 Å². The van der Waals surface area contributed by atoms with Crippen LogP contribution in [-0.4, -0.2) is 77.7 Å². The van der Waals surface area contributed by atoms with Crippen LogP contribution in [-0.2, 0) is 4.79 Å². The van der Waals surface area contributed by atoms with Gasteiger partial charge in [0.25, 0.3) is 0 Å². The maximum absolute atomic E-state index is 12.7. The van der Waals surface area contributed by atoms with E-state index in [4.69, 9.17) is 42.4 Å². The predicted molar refractivity (Wildman–Crippen MR) is 194 cm³/mol. The van der Waals surface area contributed by atoms with Crippen molar-refractivity contribution in [3.8, 4) is 39.6 Å². The van der Waals surface area contributed by atoms with Crippen molar-refractivity contribution in [3.05, 3.63) is 71.6 Å². The molecule has 3 fully saturated rings. The lowest BCUT2D eigenvalue weighted by Crippen LogP contribution is -2.54. The Labute approximate surface area is 294 Å². The number of carbonyl (C=O) groups is 1. The minimum Gasteiger partial charge on any atom is -0.496 e. The van der Waals surface area contributed by atoms with Gasteiger partial charge in [0.1, 0.15) is 22.9 Å². The van der Waals surface area contributed by atoms with E-state index in [1.165, 1.54) is 31.8 Å². The molecule has 49 heavy (non-hydrogen) atoms. The van der Waals surface area contributed by atoms with E-state index in [9.17, 15) is 4.79 Å². The summed E-state index contributed by atoms with van der Waals surface area (Å²) in [5, 5.41) is 4.61. The van der Waals surface area contributed by atoms with Gasteiger partial charge in [0, 0.05) is 84.0 Å². The summed E-state index contributed by atoms with van der Waals surface area (Å²) >= 11 is 13.7. The van der Waals surface area contributed by atoms with E-state index in [-0.39, 0.29) is 5.91 Å². The fourth-order valence-corrected chi connectivity index (χ4v) is 8.43. The zero-order valence-electron chi connectivity index (χ0n) is 27.5. The number of anilines is 2. The normalized spacial score (nSPS) is 19.0. The number of benzene rings is 2. The summed E-state index contributed by atoms with van der Waals surface area (Å²) < 4.78 is 19.0. The lowest BCUT2D eigenvalue weighted by atomic mass is 10.0. The van der Waals surface area contributed by atoms with Crippen molar-refractivity contribution < 1.29 is 19.0 Å². The third kappa shape index (κ3) is 5.33. The van der Waals surface area contributed by atoms with E-state index in [0.717, 1.165) is 41.3 Å². The molecule has 3 aromatic heterocycles. The highest BCUT2D eigenvalue weighted by Gasteiger charge is 2.46. The van der Waals surface area contributed by atoms with Crippen molar-refractivity contribution in [2.24, 2.45) is 0 Å². The zero-order valence-corrected chi connectivity index (χ0v) is 29.0. The summed E-state index contributed by atoms with van der Waals surface area (Å²) in [6.45, 7) is 5.52. The molecule has 2 aromatic carbocycles. The summed E-state index contributed by atoms with van der Waals surface area (Å²) in [4.78, 5) is 27.5. The fraction of sp³-hybridized carbons (Fsp3) is 0.324. The van der Waals surface area contributed by atoms with Gasteiger partial charge in [0.2, 0.25) is 5.91 Å². The van der Waals surface area contributed by atoms with Gasteiger partial charge in [-0.2, -0.15) is 0 Å². The molecule has 2 aliphatic heterocycles. The summed E-state index contributed by atoms with van der Waals surface area (Å²) in [6.07, 6.45) is 11.7. The van der Waals surface area contributed by atoms with Crippen LogP contribution in [0.3, 0.4) is 0 Å². The van der Waals surface area contributed by atoms with Gasteiger partial charge >= 0.3 is 0 Å². The number of nitrogens with one attached hydrogen (secondary N) is 1. The van der Waals surface area contributed by atoms with Crippen LogP contribution in [0.25, 0.3) is 38.9 Å². The summed E-state index contributed by atoms with van der Waals surface area (Å²) in [5.74, 6) is 1.26. The Bertz CT molecular complexity index is 2110. The quantitative estimate of drug-likeness (QED) is 0.158. The van der Waals surface area contributed by atoms with Crippen molar-refractivity contribution in [2.75, 3.05) is 44.6 Å². The number of pyridine rings is 2. The number of carbonyl (C=O) groups excluding carboxylic acids is 1. The first-order valence-electron chi connectivity index (χ1n) is 16.4. The molecule has 0 radical (unpaired) electrons. The SMILES string of the molecule is C=CC(=O)Nc1cc(-c2cc3c(cn2)cc(-c2c(Cl)c(OC)cc(OC)c2Cl)c2nccn23)c(OC)cc1N1CC2CCC(C1)N2C1CC1. The Hall–Kier alpha value is -4.51. The molecule has 2 bridgehead atoms. The third-order valence-corrected chi connectivity index (χ3v) is 10.8. The molecule has 2 unspecified atom stereocenters.